The highest BCUT2D eigenvalue weighted by Crippen LogP contribution is 2.42. The van der Waals surface area contributed by atoms with Crippen molar-refractivity contribution in [1.29, 1.82) is 0 Å². The molecule has 3 aromatic rings. The van der Waals surface area contributed by atoms with E-state index >= 15 is 0 Å². The van der Waals surface area contributed by atoms with Crippen LogP contribution in [-0.2, 0) is 19.5 Å². The summed E-state index contributed by atoms with van der Waals surface area (Å²) in [5, 5.41) is -4.35. The van der Waals surface area contributed by atoms with Crippen molar-refractivity contribution in [2.45, 2.75) is 5.38 Å². The van der Waals surface area contributed by atoms with Crippen molar-refractivity contribution in [3.63, 3.8) is 0 Å². The highest BCUT2D eigenvalue weighted by molar-refractivity contribution is 6.24. The van der Waals surface area contributed by atoms with Crippen molar-refractivity contribution in [2.75, 3.05) is 7.11 Å². The van der Waals surface area contributed by atoms with Crippen molar-refractivity contribution >= 4 is 33.5 Å². The first-order valence-electron chi connectivity index (χ1n) is 6.82. The van der Waals surface area contributed by atoms with Crippen LogP contribution in [0, 0.1) is 0 Å². The molecule has 6 nitrogen and oxygen atoms in total. The van der Waals surface area contributed by atoms with Crippen LogP contribution in [0.15, 0.2) is 27.8 Å². The molecule has 0 saturated heterocycles. The van der Waals surface area contributed by atoms with Crippen molar-refractivity contribution in [3.05, 3.63) is 44.6 Å². The average molecular weight is 356 g/mol. The van der Waals surface area contributed by atoms with E-state index in [4.69, 9.17) is 16.3 Å². The molecule has 0 unspecified atom stereocenters. The number of benzene rings is 1. The molecule has 0 bridgehead atoms. The Hall–Kier alpha value is -2.48. The number of pyridine rings is 1. The minimum atomic E-state index is -3.86. The van der Waals surface area contributed by atoms with E-state index in [1.54, 1.807) is 6.07 Å². The number of aromatic nitrogens is 3. The lowest BCUT2D eigenvalue weighted by Crippen LogP contribution is -2.38. The van der Waals surface area contributed by atoms with Gasteiger partial charge in [-0.15, -0.1) is 0 Å². The van der Waals surface area contributed by atoms with Gasteiger partial charge in [-0.25, -0.2) is 9.78 Å². The van der Waals surface area contributed by atoms with E-state index in [1.807, 2.05) is 0 Å². The molecule has 0 N–H and O–H groups in total. The molecule has 0 atom stereocenters. The Morgan fingerprint density at radius 1 is 1.17 bits per heavy atom. The second-order valence-electron chi connectivity index (χ2n) is 5.24. The smallest absolute Gasteiger partial charge is 0.349 e. The predicted molar refractivity (Wildman–Crippen MR) is 86.0 cm³/mol. The molecule has 24 heavy (non-hydrogen) atoms. The van der Waals surface area contributed by atoms with E-state index in [2.05, 4.69) is 4.98 Å². The monoisotopic (exact) mass is 355 g/mol. The third-order valence-electron chi connectivity index (χ3n) is 3.87. The summed E-state index contributed by atoms with van der Waals surface area (Å²) in [6, 6.07) is 4.51. The molecule has 0 fully saturated rings. The summed E-state index contributed by atoms with van der Waals surface area (Å²) in [7, 11) is 3.86. The van der Waals surface area contributed by atoms with Crippen molar-refractivity contribution in [3.8, 4) is 5.75 Å². The van der Waals surface area contributed by atoms with Gasteiger partial charge in [-0.3, -0.25) is 13.9 Å². The zero-order valence-electron chi connectivity index (χ0n) is 12.9. The first-order valence-corrected chi connectivity index (χ1v) is 7.20. The number of methoxy groups -OCH3 is 1. The van der Waals surface area contributed by atoms with Gasteiger partial charge < -0.3 is 4.74 Å². The van der Waals surface area contributed by atoms with Gasteiger partial charge in [0.2, 0.25) is 0 Å². The summed E-state index contributed by atoms with van der Waals surface area (Å²) in [6.45, 7) is 0. The van der Waals surface area contributed by atoms with Crippen molar-refractivity contribution in [1.82, 2.24) is 14.1 Å². The molecule has 1 aromatic carbocycles. The van der Waals surface area contributed by atoms with Crippen LogP contribution in [0.3, 0.4) is 0 Å². The summed E-state index contributed by atoms with van der Waals surface area (Å²) >= 11 is 5.31. The zero-order valence-corrected chi connectivity index (χ0v) is 13.7. The lowest BCUT2D eigenvalue weighted by atomic mass is 10.0. The maximum Gasteiger partial charge on any atom is 0.349 e. The second-order valence-corrected chi connectivity index (χ2v) is 5.72. The van der Waals surface area contributed by atoms with E-state index in [1.165, 1.54) is 33.3 Å². The van der Waals surface area contributed by atoms with Gasteiger partial charge in [-0.05, 0) is 23.7 Å². The lowest BCUT2D eigenvalue weighted by Gasteiger charge is -2.18. The van der Waals surface area contributed by atoms with Crippen LogP contribution in [0.1, 0.15) is 5.56 Å². The molecular formula is C15H12ClF2N3O3. The molecule has 9 heteroatoms. The number of fused-ring (bicyclic) bond motifs is 2. The summed E-state index contributed by atoms with van der Waals surface area (Å²) in [6.07, 6.45) is 0. The molecule has 0 aliphatic heterocycles. The molecule has 0 saturated carbocycles. The Kier molecular flexibility index (Phi) is 3.60. The van der Waals surface area contributed by atoms with Crippen LogP contribution in [0.5, 0.6) is 5.75 Å². The lowest BCUT2D eigenvalue weighted by molar-refractivity contribution is 0.0981. The molecule has 0 radical (unpaired) electrons. The quantitative estimate of drug-likeness (QED) is 0.521. The number of halogens is 3. The minimum Gasteiger partial charge on any atom is -0.496 e. The van der Waals surface area contributed by atoms with Crippen LogP contribution < -0.4 is 16.0 Å². The van der Waals surface area contributed by atoms with Gasteiger partial charge in [-0.2, -0.15) is 8.78 Å². The average Bonchev–Trinajstić information content (AvgIpc) is 2.54. The molecule has 2 heterocycles. The molecule has 0 aliphatic rings. The number of alkyl halides is 3. The third-order valence-corrected chi connectivity index (χ3v) is 4.06. The van der Waals surface area contributed by atoms with Crippen LogP contribution in [0.25, 0.3) is 21.9 Å². The zero-order chi connectivity index (χ0) is 17.8. The first kappa shape index (κ1) is 16.4. The Bertz CT molecular complexity index is 1100. The number of nitrogens with zero attached hydrogens (tertiary/aromatic N) is 3. The van der Waals surface area contributed by atoms with Crippen LogP contribution in [0.4, 0.5) is 8.78 Å². The first-order chi connectivity index (χ1) is 11.2. The largest absolute Gasteiger partial charge is 0.496 e. The number of aryl methyl sites for hydroxylation is 1. The number of rotatable bonds is 2. The van der Waals surface area contributed by atoms with Gasteiger partial charge in [0, 0.05) is 14.1 Å². The predicted octanol–water partition coefficient (Wildman–Crippen LogP) is 2.08. The topological polar surface area (TPSA) is 66.1 Å². The standard InChI is InChI=1S/C15H12ClF2N3O3/c1-20-12-10(13(22)21(2)14(20)23)11(15(16,17)18)9-7(19-12)5-4-6-8(9)24-3/h4-6H,1-3H3. The molecule has 126 valence electrons. The van der Waals surface area contributed by atoms with E-state index in [0.717, 1.165) is 9.13 Å². The van der Waals surface area contributed by atoms with Gasteiger partial charge in [0.15, 0.2) is 5.65 Å². The van der Waals surface area contributed by atoms with Crippen LogP contribution in [0.2, 0.25) is 0 Å². The van der Waals surface area contributed by atoms with Gasteiger partial charge in [-0.1, -0.05) is 6.07 Å². The van der Waals surface area contributed by atoms with Crippen molar-refractivity contribution in [2.24, 2.45) is 14.1 Å². The highest BCUT2D eigenvalue weighted by atomic mass is 35.5. The Morgan fingerprint density at radius 3 is 2.42 bits per heavy atom. The van der Waals surface area contributed by atoms with E-state index in [9.17, 15) is 18.4 Å². The van der Waals surface area contributed by atoms with Gasteiger partial charge in [0.05, 0.1) is 29.0 Å². The SMILES string of the molecule is COc1cccc2nc3c(c(C(F)(F)Cl)c12)c(=O)n(C)c(=O)n3C. The highest BCUT2D eigenvalue weighted by Gasteiger charge is 2.36. The summed E-state index contributed by atoms with van der Waals surface area (Å²) in [4.78, 5) is 28.8. The number of hydrogen-bond acceptors (Lipinski definition) is 4. The fourth-order valence-corrected chi connectivity index (χ4v) is 2.93. The Labute approximate surface area is 138 Å². The van der Waals surface area contributed by atoms with Crippen LogP contribution in [-0.4, -0.2) is 21.2 Å². The van der Waals surface area contributed by atoms with Crippen LogP contribution >= 0.6 is 11.6 Å². The summed E-state index contributed by atoms with van der Waals surface area (Å²) in [5.74, 6) is 0.105. The molecular weight excluding hydrogens is 344 g/mol. The van der Waals surface area contributed by atoms with Gasteiger partial charge in [0.25, 0.3) is 5.56 Å². The van der Waals surface area contributed by atoms with Crippen molar-refractivity contribution < 1.29 is 13.5 Å². The summed E-state index contributed by atoms with van der Waals surface area (Å²) < 4.78 is 35.3. The molecule has 0 amide bonds. The fourth-order valence-electron chi connectivity index (χ4n) is 2.74. The minimum absolute atomic E-state index is 0.0664. The molecule has 0 aliphatic carbocycles. The molecule has 2 aromatic heterocycles. The fraction of sp³-hybridized carbons (Fsp3) is 0.267. The Morgan fingerprint density at radius 2 is 1.83 bits per heavy atom. The summed E-state index contributed by atoms with van der Waals surface area (Å²) in [5.41, 5.74) is -2.33. The van der Waals surface area contributed by atoms with E-state index in [0.29, 0.717) is 0 Å². The molecule has 0 spiro atoms. The number of hydrogen-bond donors (Lipinski definition) is 0. The normalized spacial score (nSPS) is 12.1. The third kappa shape index (κ3) is 2.17. The maximum absolute atomic E-state index is 14.2. The second kappa shape index (κ2) is 5.27. The molecule has 3 rings (SSSR count). The van der Waals surface area contributed by atoms with Gasteiger partial charge >= 0.3 is 11.1 Å². The van der Waals surface area contributed by atoms with E-state index in [-0.39, 0.29) is 22.3 Å². The maximum atomic E-state index is 14.2. The Balaban J connectivity index is 2.79. The number of ether oxygens (including phenoxy) is 1. The van der Waals surface area contributed by atoms with Gasteiger partial charge in [0.1, 0.15) is 5.75 Å². The van der Waals surface area contributed by atoms with E-state index < -0.39 is 27.6 Å².